The van der Waals surface area contributed by atoms with Crippen LogP contribution in [-0.4, -0.2) is 54.6 Å². The molecule has 1 saturated carbocycles. The van der Waals surface area contributed by atoms with E-state index >= 15 is 0 Å². The number of fused-ring (bicyclic) bond motifs is 1. The number of H-pyrrole nitrogens is 1. The van der Waals surface area contributed by atoms with Crippen LogP contribution >= 0.6 is 9.24 Å². The highest BCUT2D eigenvalue weighted by Gasteiger charge is 2.24. The van der Waals surface area contributed by atoms with Crippen molar-refractivity contribution in [1.29, 1.82) is 0 Å². The molecule has 10 nitrogen and oxygen atoms in total. The predicted molar refractivity (Wildman–Crippen MR) is 217 cm³/mol. The fraction of sp³-hybridized carbons (Fsp3) is 0.615. The van der Waals surface area contributed by atoms with Gasteiger partial charge in [-0.3, -0.25) is 4.79 Å². The lowest BCUT2D eigenvalue weighted by Gasteiger charge is -2.22. The lowest BCUT2D eigenvalue weighted by Crippen LogP contribution is -2.37. The zero-order chi connectivity index (χ0) is 37.7. The Morgan fingerprint density at radius 3 is 2.30 bits per heavy atom. The number of rotatable bonds is 14. The molecule has 284 valence electrons. The van der Waals surface area contributed by atoms with E-state index in [0.29, 0.717) is 18.9 Å². The summed E-state index contributed by atoms with van der Waals surface area (Å²) >= 11 is 0. The van der Waals surface area contributed by atoms with Gasteiger partial charge in [0.05, 0.1) is 0 Å². The molecule has 3 aromatic rings. The third kappa shape index (κ3) is 15.9. The number of aromatic amines is 1. The Hall–Kier alpha value is -3.04. The molecule has 4 atom stereocenters. The number of carbonyl (C=O) groups excluding carboxylic acids is 1. The monoisotopic (exact) mass is 716 g/mol. The molecule has 0 saturated heterocycles. The molecule has 0 bridgehead atoms. The van der Waals surface area contributed by atoms with E-state index in [1.165, 1.54) is 41.3 Å². The Balaban J connectivity index is 0.00000198. The summed E-state index contributed by atoms with van der Waals surface area (Å²) in [6, 6.07) is 12.3. The molecule has 0 radical (unpaired) electrons. The number of anilines is 1. The van der Waals surface area contributed by atoms with Gasteiger partial charge in [0.2, 0.25) is 6.41 Å². The van der Waals surface area contributed by atoms with Crippen LogP contribution in [0.1, 0.15) is 123 Å². The molecular formula is C39H70N7O3P. The van der Waals surface area contributed by atoms with Gasteiger partial charge in [0.25, 0.3) is 0 Å². The van der Waals surface area contributed by atoms with Crippen molar-refractivity contribution in [3.05, 3.63) is 59.3 Å². The molecule has 2 aromatic carbocycles. The molecule has 4 unspecified atom stereocenters. The van der Waals surface area contributed by atoms with E-state index in [4.69, 9.17) is 4.74 Å². The van der Waals surface area contributed by atoms with Crippen molar-refractivity contribution < 1.29 is 14.6 Å². The molecule has 6 N–H and O–H groups in total. The van der Waals surface area contributed by atoms with Crippen LogP contribution in [0.4, 0.5) is 5.69 Å². The number of nitrogens with zero attached hydrogens (tertiary/aromatic N) is 2. The number of nitrogens with one attached hydrogen (secondary N) is 5. The summed E-state index contributed by atoms with van der Waals surface area (Å²) in [7, 11) is 2.42. The second-order valence-electron chi connectivity index (χ2n) is 11.3. The summed E-state index contributed by atoms with van der Waals surface area (Å²) in [6.07, 6.45) is 10.5. The van der Waals surface area contributed by atoms with Gasteiger partial charge in [0.1, 0.15) is 24.6 Å². The van der Waals surface area contributed by atoms with E-state index < -0.39 is 6.10 Å². The van der Waals surface area contributed by atoms with Crippen molar-refractivity contribution >= 4 is 32.2 Å². The third-order valence-corrected chi connectivity index (χ3v) is 7.76. The van der Waals surface area contributed by atoms with Crippen molar-refractivity contribution in [2.24, 2.45) is 10.3 Å². The van der Waals surface area contributed by atoms with Crippen LogP contribution in [0, 0.1) is 0 Å². The molecule has 2 heterocycles. The van der Waals surface area contributed by atoms with Crippen LogP contribution in [0.15, 0.2) is 52.9 Å². The Bertz CT molecular complexity index is 1300. The highest BCUT2D eigenvalue weighted by molar-refractivity contribution is 7.15. The summed E-state index contributed by atoms with van der Waals surface area (Å²) < 4.78 is 6.10. The number of aliphatic hydroxyl groups excluding tert-OH is 1. The van der Waals surface area contributed by atoms with Crippen LogP contribution in [0.3, 0.4) is 0 Å². The highest BCUT2D eigenvalue weighted by Crippen LogP contribution is 2.42. The zero-order valence-electron chi connectivity index (χ0n) is 32.7. The number of amides is 1. The third-order valence-electron chi connectivity index (χ3n) is 7.76. The fourth-order valence-corrected chi connectivity index (χ4v) is 5.78. The van der Waals surface area contributed by atoms with Gasteiger partial charge in [-0.05, 0) is 68.2 Å². The fourth-order valence-electron chi connectivity index (χ4n) is 5.78. The van der Waals surface area contributed by atoms with E-state index in [1.807, 2.05) is 66.4 Å². The van der Waals surface area contributed by atoms with Crippen molar-refractivity contribution in [1.82, 2.24) is 21.3 Å². The van der Waals surface area contributed by atoms with E-state index in [-0.39, 0.29) is 18.8 Å². The average Bonchev–Trinajstić information content (AvgIpc) is 3.97. The number of aromatic nitrogens is 1. The topological polar surface area (TPSA) is 135 Å². The molecule has 1 fully saturated rings. The molecular weight excluding hydrogens is 645 g/mol. The summed E-state index contributed by atoms with van der Waals surface area (Å²) in [4.78, 5) is 14.6. The van der Waals surface area contributed by atoms with Gasteiger partial charge in [-0.15, -0.1) is 14.4 Å². The number of aliphatic hydroxyl groups is 1. The summed E-state index contributed by atoms with van der Waals surface area (Å²) in [6.45, 7) is 20.9. The van der Waals surface area contributed by atoms with E-state index in [0.717, 1.165) is 49.1 Å². The Kier molecular flexibility index (Phi) is 27.9. The summed E-state index contributed by atoms with van der Waals surface area (Å²) in [5.41, 5.74) is 11.2. The van der Waals surface area contributed by atoms with Gasteiger partial charge in [0.15, 0.2) is 0 Å². The second-order valence-corrected chi connectivity index (χ2v) is 11.3. The minimum atomic E-state index is -0.656. The molecule has 1 aromatic heterocycles. The number of ether oxygens (including phenoxy) is 1. The van der Waals surface area contributed by atoms with Crippen molar-refractivity contribution in [2.45, 2.75) is 138 Å². The van der Waals surface area contributed by atoms with E-state index in [2.05, 4.69) is 91.3 Å². The molecule has 1 aliphatic heterocycles. The predicted octanol–water partition coefficient (Wildman–Crippen LogP) is 9.07. The lowest BCUT2D eigenvalue weighted by molar-refractivity contribution is -0.105. The van der Waals surface area contributed by atoms with E-state index in [9.17, 15) is 9.90 Å². The number of carbonyl (C=O) groups is 1. The second kappa shape index (κ2) is 29.7. The van der Waals surface area contributed by atoms with E-state index in [1.54, 1.807) is 0 Å². The smallest absolute Gasteiger partial charge is 0.211 e. The van der Waals surface area contributed by atoms with Crippen LogP contribution in [-0.2, 0) is 17.6 Å². The number of hydrogen-bond acceptors (Lipinski definition) is 8. The molecule has 1 aliphatic carbocycles. The first-order chi connectivity index (χ1) is 24.5. The minimum Gasteiger partial charge on any atom is -0.490 e. The minimum absolute atomic E-state index is 0.000527. The number of hydrazine groups is 1. The zero-order valence-corrected chi connectivity index (χ0v) is 33.9. The molecule has 2 aliphatic rings. The Labute approximate surface area is 306 Å². The average molecular weight is 716 g/mol. The standard InChI is InChI=1S/C29H39N7O3.C3H8.3C2H6.CH5P/c1-19(14-22-15-31-29-21(8-4-9-24(22)29)12-13-27-33-35-36-34-27)30-16-23(38)17-39-26-11-5-10-25(32-18-37)28(26)20-6-2-3-7-20;1-3-2;4*1-2/h4-5,8-11,15,18-20,23,27,30-31,38H,2-3,6-7,12-14,16-17H2,1H3,(H,32,37)(H,33,36)(H,34,35);3H2,1-2H3;3*1-2H3;2H2,1H3. The lowest BCUT2D eigenvalue weighted by atomic mass is 9.94. The number of para-hydroxylation sites is 1. The van der Waals surface area contributed by atoms with Crippen LogP contribution in [0.2, 0.25) is 0 Å². The van der Waals surface area contributed by atoms with Gasteiger partial charge < -0.3 is 25.5 Å². The van der Waals surface area contributed by atoms with Gasteiger partial charge in [-0.2, -0.15) is 5.43 Å². The van der Waals surface area contributed by atoms with Crippen LogP contribution in [0.5, 0.6) is 5.75 Å². The Morgan fingerprint density at radius 2 is 1.68 bits per heavy atom. The summed E-state index contributed by atoms with van der Waals surface area (Å²) in [5.74, 6) is 1.12. The SMILES string of the molecule is CC.CC.CC.CC(Cc1c[nH]c2c(CCC3N=NNN3)cccc12)NCC(O)COc1cccc(NC=O)c1C1CCCC1.CCC.CP. The summed E-state index contributed by atoms with van der Waals surface area (Å²) in [5, 5.41) is 26.1. The highest BCUT2D eigenvalue weighted by atomic mass is 31.0. The molecule has 11 heteroatoms. The van der Waals surface area contributed by atoms with Crippen LogP contribution in [0.25, 0.3) is 10.9 Å². The van der Waals surface area contributed by atoms with Gasteiger partial charge in [-0.25, -0.2) is 5.53 Å². The normalized spacial score (nSPS) is 15.5. The van der Waals surface area contributed by atoms with Crippen molar-refractivity contribution in [2.75, 3.05) is 25.1 Å². The molecule has 50 heavy (non-hydrogen) atoms. The first-order valence-electron chi connectivity index (χ1n) is 19.0. The maximum absolute atomic E-state index is 11.1. The number of aryl methyl sites for hydroxylation is 1. The molecule has 0 spiro atoms. The first kappa shape index (κ1) is 47.0. The van der Waals surface area contributed by atoms with Gasteiger partial charge in [-0.1, -0.05) is 111 Å². The number of benzene rings is 2. The maximum atomic E-state index is 11.1. The van der Waals surface area contributed by atoms with Gasteiger partial charge >= 0.3 is 0 Å². The first-order valence-corrected chi connectivity index (χ1v) is 20.1. The van der Waals surface area contributed by atoms with Gasteiger partial charge in [0, 0.05) is 40.9 Å². The molecule has 1 amide bonds. The van der Waals surface area contributed by atoms with Crippen molar-refractivity contribution in [3.63, 3.8) is 0 Å². The Morgan fingerprint density at radius 1 is 1.02 bits per heavy atom. The van der Waals surface area contributed by atoms with Crippen LogP contribution < -0.4 is 26.3 Å². The maximum Gasteiger partial charge on any atom is 0.211 e. The largest absolute Gasteiger partial charge is 0.490 e. The molecule has 5 rings (SSSR count). The van der Waals surface area contributed by atoms with Crippen molar-refractivity contribution in [3.8, 4) is 5.75 Å². The quantitative estimate of drug-likeness (QED) is 0.0729. The number of hydrogen-bond donors (Lipinski definition) is 6.